The predicted molar refractivity (Wildman–Crippen MR) is 105 cm³/mol. The molecule has 0 aliphatic carbocycles. The van der Waals surface area contributed by atoms with Gasteiger partial charge in [0.25, 0.3) is 5.56 Å². The van der Waals surface area contributed by atoms with Crippen LogP contribution >= 0.6 is 0 Å². The molecule has 4 rings (SSSR count). The van der Waals surface area contributed by atoms with E-state index in [0.29, 0.717) is 16.5 Å². The fourth-order valence-electron chi connectivity index (χ4n) is 3.14. The molecule has 0 saturated carbocycles. The zero-order chi connectivity index (χ0) is 19.8. The number of hydrogen-bond donors (Lipinski definition) is 0. The first-order chi connectivity index (χ1) is 13.4. The van der Waals surface area contributed by atoms with Gasteiger partial charge in [-0.25, -0.2) is 14.5 Å². The molecule has 0 spiro atoms. The van der Waals surface area contributed by atoms with E-state index in [9.17, 15) is 9.59 Å². The Hall–Kier alpha value is -3.48. The third-order valence-electron chi connectivity index (χ3n) is 4.51. The van der Waals surface area contributed by atoms with Crippen molar-refractivity contribution in [2.45, 2.75) is 33.4 Å². The third kappa shape index (κ3) is 3.15. The lowest BCUT2D eigenvalue weighted by Gasteiger charge is -2.12. The van der Waals surface area contributed by atoms with E-state index in [1.54, 1.807) is 24.3 Å². The summed E-state index contributed by atoms with van der Waals surface area (Å²) in [7, 11) is 0. The number of esters is 1. The Balaban J connectivity index is 1.66. The highest BCUT2D eigenvalue weighted by Crippen LogP contribution is 2.16. The van der Waals surface area contributed by atoms with Crippen LogP contribution in [0.15, 0.2) is 53.6 Å². The average molecular weight is 376 g/mol. The van der Waals surface area contributed by atoms with Crippen molar-refractivity contribution in [1.29, 1.82) is 0 Å². The van der Waals surface area contributed by atoms with Gasteiger partial charge < -0.3 is 9.14 Å². The Labute approximate surface area is 161 Å². The molecule has 0 radical (unpaired) electrons. The minimum absolute atomic E-state index is 0.0242. The molecule has 0 fully saturated rings. The van der Waals surface area contributed by atoms with Crippen molar-refractivity contribution in [1.82, 2.24) is 19.2 Å². The highest BCUT2D eigenvalue weighted by Gasteiger charge is 2.19. The number of ether oxygens (including phenoxy) is 1. The molecular weight excluding hydrogens is 356 g/mol. The number of nitrogens with zero attached hydrogens (tertiary/aromatic N) is 4. The SMILES string of the molecule is Cc1ccc2nc(COC(=O)c3nn(C(C)C)c(=O)c4ccccc34)cn2c1. The van der Waals surface area contributed by atoms with Crippen LogP contribution in [0.4, 0.5) is 0 Å². The smallest absolute Gasteiger partial charge is 0.359 e. The van der Waals surface area contributed by atoms with Crippen molar-refractivity contribution in [3.63, 3.8) is 0 Å². The molecule has 28 heavy (non-hydrogen) atoms. The maximum Gasteiger partial charge on any atom is 0.359 e. The number of hydrogen-bond acceptors (Lipinski definition) is 5. The summed E-state index contributed by atoms with van der Waals surface area (Å²) < 4.78 is 8.67. The first-order valence-corrected chi connectivity index (χ1v) is 9.07. The molecule has 0 amide bonds. The monoisotopic (exact) mass is 376 g/mol. The molecule has 3 heterocycles. The average Bonchev–Trinajstić information content (AvgIpc) is 3.08. The van der Waals surface area contributed by atoms with Gasteiger partial charge in [0.1, 0.15) is 12.3 Å². The summed E-state index contributed by atoms with van der Waals surface area (Å²) in [6, 6.07) is 10.6. The molecule has 7 nitrogen and oxygen atoms in total. The minimum Gasteiger partial charge on any atom is -0.454 e. The number of fused-ring (bicyclic) bond motifs is 2. The van der Waals surface area contributed by atoms with E-state index < -0.39 is 5.97 Å². The van der Waals surface area contributed by atoms with Crippen LogP contribution in [0.25, 0.3) is 16.4 Å². The molecule has 0 aliphatic heterocycles. The molecule has 1 aromatic carbocycles. The van der Waals surface area contributed by atoms with Crippen molar-refractivity contribution in [3.05, 3.63) is 76.1 Å². The van der Waals surface area contributed by atoms with Gasteiger partial charge in [-0.2, -0.15) is 5.10 Å². The van der Waals surface area contributed by atoms with Gasteiger partial charge in [0.05, 0.1) is 17.1 Å². The Morgan fingerprint density at radius 1 is 1.11 bits per heavy atom. The fraction of sp³-hybridized carbons (Fsp3) is 0.238. The van der Waals surface area contributed by atoms with E-state index in [-0.39, 0.29) is 23.9 Å². The topological polar surface area (TPSA) is 78.5 Å². The lowest BCUT2D eigenvalue weighted by Crippen LogP contribution is -2.27. The summed E-state index contributed by atoms with van der Waals surface area (Å²) in [6.45, 7) is 5.71. The number of aromatic nitrogens is 4. The summed E-state index contributed by atoms with van der Waals surface area (Å²) >= 11 is 0. The van der Waals surface area contributed by atoms with Gasteiger partial charge in [-0.05, 0) is 38.5 Å². The predicted octanol–water partition coefficient (Wildman–Crippen LogP) is 3.29. The highest BCUT2D eigenvalue weighted by atomic mass is 16.5. The van der Waals surface area contributed by atoms with E-state index in [0.717, 1.165) is 11.2 Å². The quantitative estimate of drug-likeness (QED) is 0.511. The second-order valence-corrected chi connectivity index (χ2v) is 7.02. The van der Waals surface area contributed by atoms with Crippen LogP contribution in [0.2, 0.25) is 0 Å². The third-order valence-corrected chi connectivity index (χ3v) is 4.51. The first-order valence-electron chi connectivity index (χ1n) is 9.07. The lowest BCUT2D eigenvalue weighted by molar-refractivity contribution is 0.0460. The molecule has 7 heteroatoms. The van der Waals surface area contributed by atoms with Gasteiger partial charge in [0, 0.05) is 17.8 Å². The zero-order valence-corrected chi connectivity index (χ0v) is 15.9. The number of pyridine rings is 1. The first kappa shape index (κ1) is 17.9. The summed E-state index contributed by atoms with van der Waals surface area (Å²) in [6.07, 6.45) is 3.79. The summed E-state index contributed by atoms with van der Waals surface area (Å²) in [5.41, 5.74) is 2.44. The van der Waals surface area contributed by atoms with Gasteiger partial charge in [-0.3, -0.25) is 4.79 Å². The van der Waals surface area contributed by atoms with Crippen LogP contribution in [0.1, 0.15) is 41.6 Å². The van der Waals surface area contributed by atoms with Crippen LogP contribution in [0, 0.1) is 6.92 Å². The van der Waals surface area contributed by atoms with Crippen molar-refractivity contribution >= 4 is 22.4 Å². The fourth-order valence-corrected chi connectivity index (χ4v) is 3.14. The van der Waals surface area contributed by atoms with Gasteiger partial charge in [-0.1, -0.05) is 24.3 Å². The Kier molecular flexibility index (Phi) is 4.43. The van der Waals surface area contributed by atoms with Crippen molar-refractivity contribution < 1.29 is 9.53 Å². The molecule has 0 bridgehead atoms. The van der Waals surface area contributed by atoms with Crippen LogP contribution < -0.4 is 5.56 Å². The van der Waals surface area contributed by atoms with Crippen molar-refractivity contribution in [2.75, 3.05) is 0 Å². The number of aryl methyl sites for hydroxylation is 1. The van der Waals surface area contributed by atoms with Crippen LogP contribution in [0.5, 0.6) is 0 Å². The molecule has 4 aromatic rings. The molecule has 0 N–H and O–H groups in total. The molecule has 0 atom stereocenters. The van der Waals surface area contributed by atoms with E-state index in [1.165, 1.54) is 4.68 Å². The molecule has 0 saturated heterocycles. The normalized spacial score (nSPS) is 11.4. The van der Waals surface area contributed by atoms with E-state index >= 15 is 0 Å². The van der Waals surface area contributed by atoms with E-state index in [1.807, 2.05) is 49.7 Å². The summed E-state index contributed by atoms with van der Waals surface area (Å²) in [5, 5.41) is 5.20. The largest absolute Gasteiger partial charge is 0.454 e. The van der Waals surface area contributed by atoms with Gasteiger partial charge >= 0.3 is 5.97 Å². The van der Waals surface area contributed by atoms with Crippen LogP contribution in [-0.4, -0.2) is 25.1 Å². The van der Waals surface area contributed by atoms with E-state index in [4.69, 9.17) is 4.74 Å². The highest BCUT2D eigenvalue weighted by molar-refractivity contribution is 6.02. The molecule has 0 aliphatic rings. The Morgan fingerprint density at radius 2 is 1.86 bits per heavy atom. The molecular formula is C21H20N4O3. The van der Waals surface area contributed by atoms with E-state index in [2.05, 4.69) is 10.1 Å². The number of carbonyl (C=O) groups excluding carboxylic acids is 1. The second-order valence-electron chi connectivity index (χ2n) is 7.02. The molecule has 3 aromatic heterocycles. The lowest BCUT2D eigenvalue weighted by atomic mass is 10.1. The maximum absolute atomic E-state index is 12.8. The number of imidazole rings is 1. The number of carbonyl (C=O) groups is 1. The summed E-state index contributed by atoms with van der Waals surface area (Å²) in [4.78, 5) is 29.8. The van der Waals surface area contributed by atoms with Crippen LogP contribution in [0.3, 0.4) is 0 Å². The maximum atomic E-state index is 12.8. The van der Waals surface area contributed by atoms with Gasteiger partial charge in [-0.15, -0.1) is 0 Å². The Morgan fingerprint density at radius 3 is 2.61 bits per heavy atom. The van der Waals surface area contributed by atoms with Gasteiger partial charge in [0.15, 0.2) is 5.69 Å². The molecule has 0 unspecified atom stereocenters. The zero-order valence-electron chi connectivity index (χ0n) is 15.9. The second kappa shape index (κ2) is 6.92. The standard InChI is InChI=1S/C21H20N4O3/c1-13(2)25-20(26)17-7-5-4-6-16(17)19(23-25)21(27)28-12-15-11-24-10-14(3)8-9-18(24)22-15/h4-11,13H,12H2,1-3H3. The number of benzene rings is 1. The molecule has 142 valence electrons. The van der Waals surface area contributed by atoms with Gasteiger partial charge in [0.2, 0.25) is 0 Å². The minimum atomic E-state index is -0.584. The van der Waals surface area contributed by atoms with Crippen molar-refractivity contribution in [3.8, 4) is 0 Å². The van der Waals surface area contributed by atoms with Crippen LogP contribution in [-0.2, 0) is 11.3 Å². The summed E-state index contributed by atoms with van der Waals surface area (Å²) in [5.74, 6) is -0.584. The van der Waals surface area contributed by atoms with Crippen molar-refractivity contribution in [2.24, 2.45) is 0 Å². The number of rotatable bonds is 4. The Bertz CT molecular complexity index is 1250.